The van der Waals surface area contributed by atoms with Crippen molar-refractivity contribution in [3.8, 4) is 0 Å². The summed E-state index contributed by atoms with van der Waals surface area (Å²) in [6, 6.07) is 1.82. The van der Waals surface area contributed by atoms with Crippen molar-refractivity contribution >= 4 is 11.8 Å². The van der Waals surface area contributed by atoms with E-state index in [4.69, 9.17) is 4.52 Å². The first-order valence-electron chi connectivity index (χ1n) is 6.57. The highest BCUT2D eigenvalue weighted by molar-refractivity contribution is 5.87. The lowest BCUT2D eigenvalue weighted by molar-refractivity contribution is -0.138. The third-order valence-corrected chi connectivity index (χ3v) is 3.40. The number of amides is 2. The predicted molar refractivity (Wildman–Crippen MR) is 72.6 cm³/mol. The van der Waals surface area contributed by atoms with E-state index in [1.165, 1.54) is 6.08 Å². The Morgan fingerprint density at radius 1 is 1.60 bits per heavy atom. The van der Waals surface area contributed by atoms with Gasteiger partial charge in [-0.25, -0.2) is 0 Å². The van der Waals surface area contributed by atoms with Crippen LogP contribution in [-0.2, 0) is 16.1 Å². The van der Waals surface area contributed by atoms with Crippen molar-refractivity contribution in [2.24, 2.45) is 5.92 Å². The fraction of sp³-hybridized carbons (Fsp3) is 0.500. The van der Waals surface area contributed by atoms with Crippen molar-refractivity contribution < 1.29 is 14.1 Å². The maximum atomic E-state index is 12.0. The molecule has 0 saturated carbocycles. The minimum Gasteiger partial charge on any atom is -0.359 e. The highest BCUT2D eigenvalue weighted by Crippen LogP contribution is 2.20. The van der Waals surface area contributed by atoms with Crippen molar-refractivity contribution in [1.29, 1.82) is 0 Å². The summed E-state index contributed by atoms with van der Waals surface area (Å²) in [7, 11) is 1.74. The molecule has 1 fully saturated rings. The van der Waals surface area contributed by atoms with Gasteiger partial charge in [0.1, 0.15) is 0 Å². The van der Waals surface area contributed by atoms with E-state index >= 15 is 0 Å². The van der Waals surface area contributed by atoms with E-state index in [2.05, 4.69) is 11.7 Å². The quantitative estimate of drug-likeness (QED) is 0.752. The Morgan fingerprint density at radius 2 is 2.30 bits per heavy atom. The number of aryl methyl sites for hydroxylation is 1. The molecular formula is C14H19N3O3. The Hall–Kier alpha value is -2.11. The van der Waals surface area contributed by atoms with Gasteiger partial charge in [0.15, 0.2) is 5.76 Å². The topological polar surface area (TPSA) is 66.7 Å². The molecule has 2 rings (SSSR count). The molecule has 108 valence electrons. The van der Waals surface area contributed by atoms with E-state index in [0.717, 1.165) is 5.69 Å². The fourth-order valence-electron chi connectivity index (χ4n) is 2.22. The van der Waals surface area contributed by atoms with Gasteiger partial charge in [-0.15, -0.1) is 0 Å². The van der Waals surface area contributed by atoms with Gasteiger partial charge in [-0.2, -0.15) is 0 Å². The second-order valence-electron chi connectivity index (χ2n) is 5.20. The molecule has 0 atom stereocenters. The standard InChI is InChI=1S/C14H19N3O3/c1-4-13(18)17-7-11(8-17)6-14(19)16(3)9-12-5-10(2)15-20-12/h4-5,11H,1,6-9H2,2-3H3. The largest absolute Gasteiger partial charge is 0.359 e. The minimum atomic E-state index is -0.0702. The molecule has 0 aliphatic carbocycles. The number of rotatable bonds is 5. The first kappa shape index (κ1) is 14.3. The zero-order valence-electron chi connectivity index (χ0n) is 11.8. The second kappa shape index (κ2) is 5.90. The van der Waals surface area contributed by atoms with E-state index in [-0.39, 0.29) is 17.7 Å². The average molecular weight is 277 g/mol. The van der Waals surface area contributed by atoms with Gasteiger partial charge in [0, 0.05) is 38.5 Å². The van der Waals surface area contributed by atoms with Gasteiger partial charge >= 0.3 is 0 Å². The number of carbonyl (C=O) groups excluding carboxylic acids is 2. The maximum Gasteiger partial charge on any atom is 0.245 e. The molecule has 20 heavy (non-hydrogen) atoms. The lowest BCUT2D eigenvalue weighted by Crippen LogP contribution is -2.50. The summed E-state index contributed by atoms with van der Waals surface area (Å²) in [5.74, 6) is 0.898. The van der Waals surface area contributed by atoms with Crippen molar-refractivity contribution in [3.63, 3.8) is 0 Å². The molecule has 0 aromatic carbocycles. The van der Waals surface area contributed by atoms with Crippen molar-refractivity contribution in [2.75, 3.05) is 20.1 Å². The van der Waals surface area contributed by atoms with Crippen LogP contribution in [0, 0.1) is 12.8 Å². The maximum absolute atomic E-state index is 12.0. The summed E-state index contributed by atoms with van der Waals surface area (Å²) >= 11 is 0. The predicted octanol–water partition coefficient (Wildman–Crippen LogP) is 0.976. The molecule has 2 amide bonds. The highest BCUT2D eigenvalue weighted by Gasteiger charge is 2.31. The van der Waals surface area contributed by atoms with E-state index in [1.807, 2.05) is 13.0 Å². The molecule has 1 aromatic rings. The molecule has 1 aromatic heterocycles. The average Bonchev–Trinajstić information content (AvgIpc) is 2.77. The molecular weight excluding hydrogens is 258 g/mol. The monoisotopic (exact) mass is 277 g/mol. The molecule has 1 aliphatic heterocycles. The summed E-state index contributed by atoms with van der Waals surface area (Å²) in [6.07, 6.45) is 1.75. The van der Waals surface area contributed by atoms with Gasteiger partial charge in [-0.3, -0.25) is 9.59 Å². The Morgan fingerprint density at radius 3 is 2.85 bits per heavy atom. The normalized spacial score (nSPS) is 14.8. The van der Waals surface area contributed by atoms with E-state index in [9.17, 15) is 9.59 Å². The zero-order chi connectivity index (χ0) is 14.7. The van der Waals surface area contributed by atoms with Crippen LogP contribution in [0.2, 0.25) is 0 Å². The summed E-state index contributed by atoms with van der Waals surface area (Å²) in [5.41, 5.74) is 0.804. The molecule has 0 radical (unpaired) electrons. The van der Waals surface area contributed by atoms with Gasteiger partial charge < -0.3 is 14.3 Å². The third-order valence-electron chi connectivity index (χ3n) is 3.40. The van der Waals surface area contributed by atoms with Gasteiger partial charge in [0.05, 0.1) is 12.2 Å². The van der Waals surface area contributed by atoms with Crippen LogP contribution in [0.3, 0.4) is 0 Å². The van der Waals surface area contributed by atoms with Crippen LogP contribution in [0.4, 0.5) is 0 Å². The Labute approximate surface area is 118 Å². The smallest absolute Gasteiger partial charge is 0.245 e. The molecule has 0 spiro atoms. The van der Waals surface area contributed by atoms with Gasteiger partial charge in [0.25, 0.3) is 0 Å². The fourth-order valence-corrected chi connectivity index (χ4v) is 2.22. The number of hydrogen-bond acceptors (Lipinski definition) is 4. The van der Waals surface area contributed by atoms with Crippen LogP contribution >= 0.6 is 0 Å². The summed E-state index contributed by atoms with van der Waals surface area (Å²) in [5, 5.41) is 3.79. The van der Waals surface area contributed by atoms with Gasteiger partial charge in [0.2, 0.25) is 11.8 Å². The first-order chi connectivity index (χ1) is 9.49. The summed E-state index contributed by atoms with van der Waals surface area (Å²) in [6.45, 7) is 6.97. The van der Waals surface area contributed by atoms with Crippen molar-refractivity contribution in [1.82, 2.24) is 15.0 Å². The zero-order valence-corrected chi connectivity index (χ0v) is 11.8. The molecule has 0 unspecified atom stereocenters. The molecule has 2 heterocycles. The summed E-state index contributed by atoms with van der Waals surface area (Å²) < 4.78 is 5.09. The van der Waals surface area contributed by atoms with Crippen LogP contribution in [0.25, 0.3) is 0 Å². The van der Waals surface area contributed by atoms with Crippen LogP contribution in [0.15, 0.2) is 23.2 Å². The van der Waals surface area contributed by atoms with Crippen LogP contribution in [-0.4, -0.2) is 46.9 Å². The molecule has 6 nitrogen and oxygen atoms in total. The molecule has 1 saturated heterocycles. The number of carbonyl (C=O) groups is 2. The number of likely N-dealkylation sites (tertiary alicyclic amines) is 1. The van der Waals surface area contributed by atoms with Crippen LogP contribution in [0.1, 0.15) is 17.9 Å². The first-order valence-corrected chi connectivity index (χ1v) is 6.57. The van der Waals surface area contributed by atoms with Crippen molar-refractivity contribution in [2.45, 2.75) is 19.9 Å². The Balaban J connectivity index is 1.75. The van der Waals surface area contributed by atoms with E-state index in [1.54, 1.807) is 16.8 Å². The third kappa shape index (κ3) is 3.26. The summed E-state index contributed by atoms with van der Waals surface area (Å²) in [4.78, 5) is 26.6. The van der Waals surface area contributed by atoms with E-state index in [0.29, 0.717) is 31.8 Å². The number of aromatic nitrogens is 1. The Bertz CT molecular complexity index is 517. The molecule has 6 heteroatoms. The van der Waals surface area contributed by atoms with Crippen LogP contribution < -0.4 is 0 Å². The minimum absolute atomic E-state index is 0.0507. The number of nitrogens with zero attached hydrogens (tertiary/aromatic N) is 3. The van der Waals surface area contributed by atoms with Gasteiger partial charge in [-0.1, -0.05) is 11.7 Å². The molecule has 1 aliphatic rings. The SMILES string of the molecule is C=CC(=O)N1CC(CC(=O)N(C)Cc2cc(C)no2)C1. The Kier molecular flexibility index (Phi) is 4.22. The lowest BCUT2D eigenvalue weighted by atomic mass is 9.95. The highest BCUT2D eigenvalue weighted by atomic mass is 16.5. The number of hydrogen-bond donors (Lipinski definition) is 0. The van der Waals surface area contributed by atoms with E-state index < -0.39 is 0 Å². The van der Waals surface area contributed by atoms with Gasteiger partial charge in [-0.05, 0) is 13.0 Å². The second-order valence-corrected chi connectivity index (χ2v) is 5.20. The lowest BCUT2D eigenvalue weighted by Gasteiger charge is -2.38. The van der Waals surface area contributed by atoms with Crippen LogP contribution in [0.5, 0.6) is 0 Å². The van der Waals surface area contributed by atoms with Crippen molar-refractivity contribution in [3.05, 3.63) is 30.2 Å². The molecule has 0 N–H and O–H groups in total. The molecule has 0 bridgehead atoms.